The van der Waals surface area contributed by atoms with Crippen molar-refractivity contribution in [3.05, 3.63) is 59.6 Å². The average Bonchev–Trinajstić information content (AvgIpc) is 2.74. The minimum Gasteiger partial charge on any atom is -0.486 e. The number of carbonyl (C=O) groups is 1. The molecule has 0 atom stereocenters. The Morgan fingerprint density at radius 1 is 1.18 bits per heavy atom. The van der Waals surface area contributed by atoms with Crippen LogP contribution in [0, 0.1) is 6.92 Å². The summed E-state index contributed by atoms with van der Waals surface area (Å²) in [4.78, 5) is 20.3. The summed E-state index contributed by atoms with van der Waals surface area (Å²) in [7, 11) is 0. The highest BCUT2D eigenvalue weighted by molar-refractivity contribution is 5.97. The van der Waals surface area contributed by atoms with Gasteiger partial charge in [-0.25, -0.2) is 0 Å². The Bertz CT molecular complexity index is 796. The number of rotatable bonds is 6. The third-order valence-corrected chi connectivity index (χ3v) is 3.57. The number of allylic oxidation sites excluding steroid dienone is 1. The molecule has 0 aliphatic heterocycles. The molecule has 0 saturated carbocycles. The fourth-order valence-corrected chi connectivity index (χ4v) is 2.32. The maximum atomic E-state index is 11.8. The summed E-state index contributed by atoms with van der Waals surface area (Å²) in [6.45, 7) is 13.9. The van der Waals surface area contributed by atoms with Crippen LogP contribution < -0.4 is 10.5 Å². The Kier molecular flexibility index (Phi) is 12.7. The van der Waals surface area contributed by atoms with Crippen LogP contribution in [0.3, 0.4) is 0 Å². The number of primary amides is 1. The highest BCUT2D eigenvalue weighted by Crippen LogP contribution is 2.28. The molecule has 2 N–H and O–H groups in total. The first-order chi connectivity index (χ1) is 13.6. The van der Waals surface area contributed by atoms with Crippen molar-refractivity contribution in [3.63, 3.8) is 0 Å². The third-order valence-electron chi connectivity index (χ3n) is 3.57. The molecule has 0 saturated heterocycles. The molecule has 152 valence electrons. The van der Waals surface area contributed by atoms with Gasteiger partial charge in [0.1, 0.15) is 12.4 Å². The highest BCUT2D eigenvalue weighted by atomic mass is 16.5. The van der Waals surface area contributed by atoms with E-state index in [2.05, 4.69) is 9.98 Å². The van der Waals surface area contributed by atoms with Crippen molar-refractivity contribution in [2.24, 2.45) is 10.7 Å². The van der Waals surface area contributed by atoms with Gasteiger partial charge in [0.25, 0.3) is 5.91 Å². The van der Waals surface area contributed by atoms with Crippen molar-refractivity contribution in [2.45, 2.75) is 48.5 Å². The van der Waals surface area contributed by atoms with E-state index in [1.807, 2.05) is 72.7 Å². The van der Waals surface area contributed by atoms with Gasteiger partial charge in [-0.3, -0.25) is 14.8 Å². The van der Waals surface area contributed by atoms with Gasteiger partial charge in [0.05, 0.1) is 11.3 Å². The summed E-state index contributed by atoms with van der Waals surface area (Å²) in [5.74, 6) is -0.0899. The van der Waals surface area contributed by atoms with Crippen LogP contribution in [-0.4, -0.2) is 23.7 Å². The van der Waals surface area contributed by atoms with Gasteiger partial charge in [-0.2, -0.15) is 0 Å². The van der Waals surface area contributed by atoms with Gasteiger partial charge in [0.15, 0.2) is 0 Å². The predicted molar refractivity (Wildman–Crippen MR) is 119 cm³/mol. The van der Waals surface area contributed by atoms with Crippen molar-refractivity contribution < 1.29 is 9.53 Å². The molecule has 0 aliphatic carbocycles. The van der Waals surface area contributed by atoms with Crippen LogP contribution in [0.5, 0.6) is 5.75 Å². The summed E-state index contributed by atoms with van der Waals surface area (Å²) in [5, 5.41) is 0. The Hall–Kier alpha value is -2.95. The summed E-state index contributed by atoms with van der Waals surface area (Å²) in [6, 6.07) is 9.20. The number of hydrogen-bond acceptors (Lipinski definition) is 4. The van der Waals surface area contributed by atoms with Crippen LogP contribution in [0.4, 0.5) is 0 Å². The number of nitrogens with two attached hydrogens (primary N) is 1. The van der Waals surface area contributed by atoms with Gasteiger partial charge in [-0.1, -0.05) is 45.9 Å². The van der Waals surface area contributed by atoms with E-state index in [-0.39, 0.29) is 6.61 Å². The van der Waals surface area contributed by atoms with Crippen LogP contribution >= 0.6 is 0 Å². The zero-order valence-electron chi connectivity index (χ0n) is 18.1. The number of ether oxygens (including phenoxy) is 1. The maximum Gasteiger partial charge on any atom is 0.252 e. The van der Waals surface area contributed by atoms with Crippen LogP contribution in [0.15, 0.2) is 53.3 Å². The zero-order valence-corrected chi connectivity index (χ0v) is 18.1. The van der Waals surface area contributed by atoms with Crippen molar-refractivity contribution in [1.82, 2.24) is 4.98 Å². The molecule has 28 heavy (non-hydrogen) atoms. The maximum absolute atomic E-state index is 11.8. The Morgan fingerprint density at radius 3 is 2.39 bits per heavy atom. The minimum absolute atomic E-state index is 0.270. The van der Waals surface area contributed by atoms with Crippen molar-refractivity contribution >= 4 is 12.1 Å². The van der Waals surface area contributed by atoms with E-state index in [9.17, 15) is 4.79 Å². The number of pyridine rings is 1. The summed E-state index contributed by atoms with van der Waals surface area (Å²) in [6.07, 6.45) is 5.29. The second-order valence-electron chi connectivity index (χ2n) is 5.17. The van der Waals surface area contributed by atoms with Crippen molar-refractivity contribution in [2.75, 3.05) is 6.61 Å². The van der Waals surface area contributed by atoms with Gasteiger partial charge >= 0.3 is 0 Å². The van der Waals surface area contributed by atoms with Gasteiger partial charge in [-0.05, 0) is 44.5 Å². The highest BCUT2D eigenvalue weighted by Gasteiger charge is 2.13. The van der Waals surface area contributed by atoms with E-state index in [4.69, 9.17) is 10.5 Å². The monoisotopic (exact) mass is 383 g/mol. The smallest absolute Gasteiger partial charge is 0.252 e. The largest absolute Gasteiger partial charge is 0.486 e. The number of benzene rings is 1. The second-order valence-corrected chi connectivity index (χ2v) is 5.17. The summed E-state index contributed by atoms with van der Waals surface area (Å²) < 4.78 is 5.73. The van der Waals surface area contributed by atoms with E-state index in [1.54, 1.807) is 24.5 Å². The quantitative estimate of drug-likeness (QED) is 0.661. The fraction of sp³-hybridized carbons (Fsp3) is 0.348. The van der Waals surface area contributed by atoms with Crippen molar-refractivity contribution in [3.8, 4) is 16.9 Å². The molecule has 5 nitrogen and oxygen atoms in total. The van der Waals surface area contributed by atoms with Gasteiger partial charge < -0.3 is 10.5 Å². The van der Waals surface area contributed by atoms with E-state index in [0.29, 0.717) is 11.3 Å². The normalized spacial score (nSPS) is 10.5. The van der Waals surface area contributed by atoms with Crippen LogP contribution in [-0.2, 0) is 0 Å². The third kappa shape index (κ3) is 7.35. The van der Waals surface area contributed by atoms with E-state index in [0.717, 1.165) is 22.5 Å². The molecule has 0 radical (unpaired) electrons. The number of amides is 1. The first kappa shape index (κ1) is 25.1. The predicted octanol–water partition coefficient (Wildman–Crippen LogP) is 5.58. The first-order valence-corrected chi connectivity index (χ1v) is 9.69. The molecule has 1 amide bonds. The lowest BCUT2D eigenvalue weighted by atomic mass is 10.0. The average molecular weight is 384 g/mol. The molecule has 5 heteroatoms. The Labute approximate surface area is 169 Å². The molecule has 1 aromatic heterocycles. The molecule has 0 unspecified atom stereocenters. The lowest BCUT2D eigenvalue weighted by molar-refractivity contribution is 0.0997. The van der Waals surface area contributed by atoms with Gasteiger partial charge in [-0.15, -0.1) is 0 Å². The van der Waals surface area contributed by atoms with E-state index in [1.165, 1.54) is 0 Å². The molecule has 1 aromatic carbocycles. The number of aryl methyl sites for hydroxylation is 1. The van der Waals surface area contributed by atoms with Crippen LogP contribution in [0.1, 0.15) is 57.6 Å². The summed E-state index contributed by atoms with van der Waals surface area (Å²) >= 11 is 0. The SMILES string of the molecule is CC.CC.CC=N/C(=C\C)COc1ccc(-c2cccnc2C)cc1C(N)=O. The number of aromatic nitrogens is 1. The van der Waals surface area contributed by atoms with E-state index >= 15 is 0 Å². The van der Waals surface area contributed by atoms with Gasteiger partial charge in [0, 0.05) is 23.7 Å². The van der Waals surface area contributed by atoms with Gasteiger partial charge in [0.2, 0.25) is 0 Å². The van der Waals surface area contributed by atoms with Crippen LogP contribution in [0.25, 0.3) is 11.1 Å². The fourth-order valence-electron chi connectivity index (χ4n) is 2.32. The lowest BCUT2D eigenvalue weighted by Crippen LogP contribution is -2.14. The standard InChI is InChI=1S/C19H21N3O2.2C2H6/c1-4-15(21-5-2)12-24-18-9-8-14(11-17(18)19(20)23)16-7-6-10-22-13(16)3;2*1-2/h4-11H,12H2,1-3H3,(H2,20,23);2*1-2H3/b15-4-,21-5?;;. The zero-order chi connectivity index (χ0) is 21.5. The number of nitrogens with zero attached hydrogens (tertiary/aromatic N) is 2. The van der Waals surface area contributed by atoms with E-state index < -0.39 is 5.91 Å². The molecular weight excluding hydrogens is 350 g/mol. The van der Waals surface area contributed by atoms with Crippen molar-refractivity contribution in [1.29, 1.82) is 0 Å². The topological polar surface area (TPSA) is 77.6 Å². The molecule has 0 spiro atoms. The molecule has 0 fully saturated rings. The minimum atomic E-state index is -0.533. The molecule has 0 bridgehead atoms. The number of hydrogen-bond donors (Lipinski definition) is 1. The molecule has 2 rings (SSSR count). The Morgan fingerprint density at radius 2 is 1.86 bits per heavy atom. The first-order valence-electron chi connectivity index (χ1n) is 9.69. The summed E-state index contributed by atoms with van der Waals surface area (Å²) in [5.41, 5.74) is 9.35. The number of carbonyl (C=O) groups excluding carboxylic acids is 1. The second kappa shape index (κ2) is 14.2. The molecule has 0 aliphatic rings. The van der Waals surface area contributed by atoms with Crippen LogP contribution in [0.2, 0.25) is 0 Å². The Balaban J connectivity index is 0.00000171. The molecule has 2 aromatic rings. The molecular formula is C23H33N3O2. The number of aliphatic imine (C=N–C) groups is 1. The lowest BCUT2D eigenvalue weighted by Gasteiger charge is -2.12. The molecule has 1 heterocycles.